The van der Waals surface area contributed by atoms with Crippen molar-refractivity contribution in [3.05, 3.63) is 0 Å². The average molecular weight is 191 g/mol. The topological polar surface area (TPSA) is 58.9 Å². The Balaban J connectivity index is 4.69. The largest absolute Gasteiger partial charge is 0.467 e. The molecule has 1 N–H and O–H groups in total. The SMILES string of the molecule is CC=N[C@H](C(=O)OC)[C@](C)(O)CF. The van der Waals surface area contributed by atoms with Crippen molar-refractivity contribution >= 4 is 12.2 Å². The lowest BCUT2D eigenvalue weighted by Gasteiger charge is -2.24. The number of aliphatic imine (C=N–C) groups is 1. The molecule has 0 aliphatic carbocycles. The van der Waals surface area contributed by atoms with E-state index in [4.69, 9.17) is 0 Å². The number of alkyl halides is 1. The summed E-state index contributed by atoms with van der Waals surface area (Å²) in [4.78, 5) is 14.7. The van der Waals surface area contributed by atoms with Gasteiger partial charge in [-0.3, -0.25) is 4.99 Å². The fourth-order valence-corrected chi connectivity index (χ4v) is 0.809. The molecule has 0 aliphatic heterocycles. The molecule has 0 aliphatic rings. The molecule has 0 radical (unpaired) electrons. The van der Waals surface area contributed by atoms with Gasteiger partial charge in [-0.25, -0.2) is 9.18 Å². The number of hydrogen-bond acceptors (Lipinski definition) is 4. The van der Waals surface area contributed by atoms with Gasteiger partial charge in [0.25, 0.3) is 0 Å². The maximum atomic E-state index is 12.3. The number of ether oxygens (including phenoxy) is 1. The number of carbonyl (C=O) groups is 1. The van der Waals surface area contributed by atoms with Crippen LogP contribution in [0.25, 0.3) is 0 Å². The Kier molecular flexibility index (Phi) is 4.55. The summed E-state index contributed by atoms with van der Waals surface area (Å²) in [6.45, 7) is 1.72. The average Bonchev–Trinajstić information content (AvgIpc) is 2.12. The van der Waals surface area contributed by atoms with Gasteiger partial charge in [-0.15, -0.1) is 0 Å². The van der Waals surface area contributed by atoms with Crippen LogP contribution in [0.15, 0.2) is 4.99 Å². The van der Waals surface area contributed by atoms with E-state index >= 15 is 0 Å². The number of carbonyl (C=O) groups excluding carboxylic acids is 1. The first-order valence-electron chi connectivity index (χ1n) is 3.83. The highest BCUT2D eigenvalue weighted by molar-refractivity contribution is 5.79. The molecule has 0 amide bonds. The highest BCUT2D eigenvalue weighted by Crippen LogP contribution is 2.15. The minimum Gasteiger partial charge on any atom is -0.467 e. The van der Waals surface area contributed by atoms with Crippen molar-refractivity contribution in [2.24, 2.45) is 4.99 Å². The molecule has 0 heterocycles. The molecule has 13 heavy (non-hydrogen) atoms. The second-order valence-corrected chi connectivity index (χ2v) is 2.82. The zero-order valence-electron chi connectivity index (χ0n) is 7.95. The third-order valence-electron chi connectivity index (χ3n) is 1.58. The minimum atomic E-state index is -1.81. The van der Waals surface area contributed by atoms with Crippen LogP contribution < -0.4 is 0 Å². The fourth-order valence-electron chi connectivity index (χ4n) is 0.809. The predicted molar refractivity (Wildman–Crippen MR) is 46.6 cm³/mol. The van der Waals surface area contributed by atoms with Gasteiger partial charge >= 0.3 is 5.97 Å². The monoisotopic (exact) mass is 191 g/mol. The maximum Gasteiger partial charge on any atom is 0.333 e. The van der Waals surface area contributed by atoms with Gasteiger partial charge in [-0.1, -0.05) is 0 Å². The summed E-state index contributed by atoms with van der Waals surface area (Å²) in [6.07, 6.45) is 1.33. The maximum absolute atomic E-state index is 12.3. The van der Waals surface area contributed by atoms with E-state index in [9.17, 15) is 14.3 Å². The number of methoxy groups -OCH3 is 1. The Labute approximate surface area is 76.4 Å². The van der Waals surface area contributed by atoms with Crippen molar-refractivity contribution in [3.63, 3.8) is 0 Å². The highest BCUT2D eigenvalue weighted by atomic mass is 19.1. The third-order valence-corrected chi connectivity index (χ3v) is 1.58. The molecule has 0 bridgehead atoms. The Bertz CT molecular complexity index is 204. The van der Waals surface area contributed by atoms with E-state index in [2.05, 4.69) is 9.73 Å². The van der Waals surface area contributed by atoms with Crippen LogP contribution in [0.1, 0.15) is 13.8 Å². The van der Waals surface area contributed by atoms with Crippen molar-refractivity contribution in [3.8, 4) is 0 Å². The summed E-state index contributed by atoms with van der Waals surface area (Å²) < 4.78 is 16.7. The molecule has 0 unspecified atom stereocenters. The predicted octanol–water partition coefficient (Wildman–Crippen LogP) is 0.339. The first-order chi connectivity index (χ1) is 5.99. The first-order valence-corrected chi connectivity index (χ1v) is 3.83. The van der Waals surface area contributed by atoms with Crippen molar-refractivity contribution in [1.82, 2.24) is 0 Å². The van der Waals surface area contributed by atoms with E-state index < -0.39 is 24.3 Å². The first kappa shape index (κ1) is 12.0. The number of esters is 1. The van der Waals surface area contributed by atoms with Crippen LogP contribution in [-0.2, 0) is 9.53 Å². The van der Waals surface area contributed by atoms with Gasteiger partial charge in [0.15, 0.2) is 6.04 Å². The summed E-state index contributed by atoms with van der Waals surface area (Å²) in [5.74, 6) is -0.749. The van der Waals surface area contributed by atoms with Gasteiger partial charge in [0.2, 0.25) is 0 Å². The van der Waals surface area contributed by atoms with Crippen LogP contribution in [0.4, 0.5) is 4.39 Å². The normalized spacial score (nSPS) is 18.2. The summed E-state index contributed by atoms with van der Waals surface area (Å²) in [5, 5.41) is 9.43. The van der Waals surface area contributed by atoms with E-state index in [-0.39, 0.29) is 0 Å². The van der Waals surface area contributed by atoms with Gasteiger partial charge in [-0.2, -0.15) is 0 Å². The zero-order chi connectivity index (χ0) is 10.5. The van der Waals surface area contributed by atoms with Crippen molar-refractivity contribution in [1.29, 1.82) is 0 Å². The molecule has 0 saturated carbocycles. The standard InChI is InChI=1S/C8H14FNO3/c1-4-10-6(7(11)13-3)8(2,12)5-9/h4,6,12H,5H2,1-3H3/t6-,8-/m1/s1. The quantitative estimate of drug-likeness (QED) is 0.515. The summed E-state index contributed by atoms with van der Waals surface area (Å²) in [5.41, 5.74) is -1.81. The number of rotatable bonds is 4. The van der Waals surface area contributed by atoms with E-state index in [1.807, 2.05) is 0 Å². The van der Waals surface area contributed by atoms with Crippen LogP contribution in [0.2, 0.25) is 0 Å². The Hall–Kier alpha value is -0.970. The molecule has 0 aromatic carbocycles. The fraction of sp³-hybridized carbons (Fsp3) is 0.750. The molecular formula is C8H14FNO3. The van der Waals surface area contributed by atoms with Crippen molar-refractivity contribution in [2.75, 3.05) is 13.8 Å². The zero-order valence-corrected chi connectivity index (χ0v) is 7.95. The van der Waals surface area contributed by atoms with E-state index in [0.29, 0.717) is 0 Å². The molecule has 0 aromatic heterocycles. The van der Waals surface area contributed by atoms with Gasteiger partial charge in [-0.05, 0) is 20.1 Å². The van der Waals surface area contributed by atoms with Crippen molar-refractivity contribution in [2.45, 2.75) is 25.5 Å². The van der Waals surface area contributed by atoms with Crippen LogP contribution in [0, 0.1) is 0 Å². The van der Waals surface area contributed by atoms with Gasteiger partial charge in [0.05, 0.1) is 7.11 Å². The molecule has 76 valence electrons. The molecule has 0 aromatic rings. The van der Waals surface area contributed by atoms with Crippen LogP contribution in [0.3, 0.4) is 0 Å². The third kappa shape index (κ3) is 3.10. The Morgan fingerprint density at radius 2 is 2.38 bits per heavy atom. The van der Waals surface area contributed by atoms with E-state index in [1.54, 1.807) is 6.92 Å². The smallest absolute Gasteiger partial charge is 0.333 e. The second kappa shape index (κ2) is 4.91. The van der Waals surface area contributed by atoms with E-state index in [0.717, 1.165) is 7.11 Å². The lowest BCUT2D eigenvalue weighted by Crippen LogP contribution is -2.45. The van der Waals surface area contributed by atoms with Crippen LogP contribution in [-0.4, -0.2) is 42.7 Å². The van der Waals surface area contributed by atoms with Crippen LogP contribution in [0.5, 0.6) is 0 Å². The summed E-state index contributed by atoms with van der Waals surface area (Å²) in [7, 11) is 1.16. The minimum absolute atomic E-state index is 0.749. The molecule has 5 heteroatoms. The lowest BCUT2D eigenvalue weighted by molar-refractivity contribution is -0.148. The molecule has 4 nitrogen and oxygen atoms in total. The van der Waals surface area contributed by atoms with E-state index in [1.165, 1.54) is 13.1 Å². The number of nitrogens with zero attached hydrogens (tertiary/aromatic N) is 1. The van der Waals surface area contributed by atoms with Crippen LogP contribution >= 0.6 is 0 Å². The lowest BCUT2D eigenvalue weighted by atomic mass is 9.99. The number of hydrogen-bond donors (Lipinski definition) is 1. The Morgan fingerprint density at radius 3 is 2.69 bits per heavy atom. The van der Waals surface area contributed by atoms with Gasteiger partial charge < -0.3 is 9.84 Å². The Morgan fingerprint density at radius 1 is 1.85 bits per heavy atom. The molecule has 0 saturated heterocycles. The number of aliphatic hydroxyl groups is 1. The van der Waals surface area contributed by atoms with Crippen molar-refractivity contribution < 1.29 is 19.0 Å². The molecule has 2 atom stereocenters. The van der Waals surface area contributed by atoms with Gasteiger partial charge in [0, 0.05) is 0 Å². The molecule has 0 spiro atoms. The molecule has 0 rings (SSSR count). The second-order valence-electron chi connectivity index (χ2n) is 2.82. The summed E-state index contributed by atoms with van der Waals surface area (Å²) >= 11 is 0. The summed E-state index contributed by atoms with van der Waals surface area (Å²) in [6, 6.07) is -1.20. The number of halogens is 1. The molecule has 0 fully saturated rings. The molecular weight excluding hydrogens is 177 g/mol. The highest BCUT2D eigenvalue weighted by Gasteiger charge is 2.37. The van der Waals surface area contributed by atoms with Gasteiger partial charge in [0.1, 0.15) is 12.3 Å².